The molecule has 0 radical (unpaired) electrons. The standard InChI is InChI=1S/C23H23NO3/c1-3-20(27-22-16-10-9-15-21(22)26-2)23(25)24-19-14-8-7-13-18(19)17-11-5-4-6-12-17/h4-16,20H,3H2,1-2H3,(H,24,25)/t20-/m0/s1. The number of anilines is 1. The summed E-state index contributed by atoms with van der Waals surface area (Å²) >= 11 is 0. The molecule has 0 aliphatic heterocycles. The second kappa shape index (κ2) is 8.90. The van der Waals surface area contributed by atoms with Crippen molar-refractivity contribution < 1.29 is 14.3 Å². The number of hydrogen-bond donors (Lipinski definition) is 1. The Balaban J connectivity index is 1.80. The first kappa shape index (κ1) is 18.5. The molecule has 1 N–H and O–H groups in total. The Hall–Kier alpha value is -3.27. The zero-order valence-corrected chi connectivity index (χ0v) is 15.5. The van der Waals surface area contributed by atoms with Gasteiger partial charge in [0, 0.05) is 11.3 Å². The molecule has 0 aliphatic rings. The summed E-state index contributed by atoms with van der Waals surface area (Å²) in [6.07, 6.45) is -0.0812. The van der Waals surface area contributed by atoms with Crippen LogP contribution in [0, 0.1) is 0 Å². The van der Waals surface area contributed by atoms with E-state index in [0.717, 1.165) is 16.8 Å². The van der Waals surface area contributed by atoms with Crippen molar-refractivity contribution >= 4 is 11.6 Å². The first-order valence-electron chi connectivity index (χ1n) is 8.98. The van der Waals surface area contributed by atoms with Gasteiger partial charge in [-0.25, -0.2) is 0 Å². The highest BCUT2D eigenvalue weighted by Gasteiger charge is 2.21. The number of para-hydroxylation sites is 3. The van der Waals surface area contributed by atoms with E-state index in [1.54, 1.807) is 13.2 Å². The number of amides is 1. The second-order valence-corrected chi connectivity index (χ2v) is 6.07. The molecule has 3 rings (SSSR count). The highest BCUT2D eigenvalue weighted by Crippen LogP contribution is 2.29. The fourth-order valence-corrected chi connectivity index (χ4v) is 2.87. The summed E-state index contributed by atoms with van der Waals surface area (Å²) in [5.41, 5.74) is 2.78. The lowest BCUT2D eigenvalue weighted by molar-refractivity contribution is -0.122. The summed E-state index contributed by atoms with van der Waals surface area (Å²) in [6, 6.07) is 25.1. The molecule has 4 heteroatoms. The summed E-state index contributed by atoms with van der Waals surface area (Å²) < 4.78 is 11.2. The molecule has 0 heterocycles. The van der Waals surface area contributed by atoms with Gasteiger partial charge in [0.15, 0.2) is 17.6 Å². The van der Waals surface area contributed by atoms with E-state index in [2.05, 4.69) is 5.32 Å². The van der Waals surface area contributed by atoms with E-state index in [-0.39, 0.29) is 5.91 Å². The molecule has 0 aromatic heterocycles. The maximum Gasteiger partial charge on any atom is 0.265 e. The van der Waals surface area contributed by atoms with Crippen LogP contribution >= 0.6 is 0 Å². The normalized spacial score (nSPS) is 11.5. The highest BCUT2D eigenvalue weighted by atomic mass is 16.5. The molecule has 0 saturated heterocycles. The van der Waals surface area contributed by atoms with E-state index in [0.29, 0.717) is 17.9 Å². The van der Waals surface area contributed by atoms with Crippen molar-refractivity contribution in [3.63, 3.8) is 0 Å². The van der Waals surface area contributed by atoms with Gasteiger partial charge in [0.2, 0.25) is 0 Å². The zero-order chi connectivity index (χ0) is 19.1. The molecule has 138 valence electrons. The first-order valence-corrected chi connectivity index (χ1v) is 8.98. The first-order chi connectivity index (χ1) is 13.2. The number of ether oxygens (including phenoxy) is 2. The number of nitrogens with one attached hydrogen (secondary N) is 1. The van der Waals surface area contributed by atoms with Gasteiger partial charge < -0.3 is 14.8 Å². The molecule has 0 aliphatic carbocycles. The fourth-order valence-electron chi connectivity index (χ4n) is 2.87. The van der Waals surface area contributed by atoms with Gasteiger partial charge in [-0.05, 0) is 30.2 Å². The van der Waals surface area contributed by atoms with Gasteiger partial charge in [0.1, 0.15) is 0 Å². The van der Waals surface area contributed by atoms with Gasteiger partial charge in [-0.3, -0.25) is 4.79 Å². The smallest absolute Gasteiger partial charge is 0.265 e. The van der Waals surface area contributed by atoms with Gasteiger partial charge in [-0.15, -0.1) is 0 Å². The summed E-state index contributed by atoms with van der Waals surface area (Å²) in [4.78, 5) is 12.9. The molecule has 0 bridgehead atoms. The average Bonchev–Trinajstić information content (AvgIpc) is 2.73. The van der Waals surface area contributed by atoms with Crippen LogP contribution < -0.4 is 14.8 Å². The van der Waals surface area contributed by atoms with Crippen LogP contribution in [0.25, 0.3) is 11.1 Å². The summed E-state index contributed by atoms with van der Waals surface area (Å²) in [5, 5.41) is 3.01. The topological polar surface area (TPSA) is 47.6 Å². The molecule has 3 aromatic rings. The van der Waals surface area contributed by atoms with Crippen LogP contribution in [0.5, 0.6) is 11.5 Å². The number of methoxy groups -OCH3 is 1. The molecule has 0 fully saturated rings. The van der Waals surface area contributed by atoms with Crippen molar-refractivity contribution in [1.29, 1.82) is 0 Å². The molecular weight excluding hydrogens is 338 g/mol. The Morgan fingerprint density at radius 1 is 0.889 bits per heavy atom. The van der Waals surface area contributed by atoms with Crippen molar-refractivity contribution in [3.05, 3.63) is 78.9 Å². The van der Waals surface area contributed by atoms with Crippen LogP contribution in [0.1, 0.15) is 13.3 Å². The Labute approximate surface area is 159 Å². The zero-order valence-electron chi connectivity index (χ0n) is 15.5. The largest absolute Gasteiger partial charge is 0.493 e. The van der Waals surface area contributed by atoms with Crippen molar-refractivity contribution in [2.45, 2.75) is 19.4 Å². The Morgan fingerprint density at radius 3 is 2.22 bits per heavy atom. The minimum Gasteiger partial charge on any atom is -0.493 e. The molecule has 1 atom stereocenters. The number of carbonyl (C=O) groups excluding carboxylic acids is 1. The number of benzene rings is 3. The van der Waals surface area contributed by atoms with Gasteiger partial charge in [-0.2, -0.15) is 0 Å². The minimum absolute atomic E-state index is 0.188. The Bertz CT molecular complexity index is 893. The maximum atomic E-state index is 12.9. The molecule has 0 unspecified atom stereocenters. The van der Waals surface area contributed by atoms with Crippen LogP contribution in [0.2, 0.25) is 0 Å². The van der Waals surface area contributed by atoms with E-state index in [9.17, 15) is 4.79 Å². The summed E-state index contributed by atoms with van der Waals surface area (Å²) in [6.45, 7) is 1.92. The predicted molar refractivity (Wildman–Crippen MR) is 108 cm³/mol. The van der Waals surface area contributed by atoms with E-state index < -0.39 is 6.10 Å². The van der Waals surface area contributed by atoms with Crippen LogP contribution in [0.3, 0.4) is 0 Å². The third-order valence-electron chi connectivity index (χ3n) is 4.27. The van der Waals surface area contributed by atoms with Crippen molar-refractivity contribution in [2.75, 3.05) is 12.4 Å². The van der Waals surface area contributed by atoms with Gasteiger partial charge in [0.05, 0.1) is 7.11 Å². The SMILES string of the molecule is CC[C@H](Oc1ccccc1OC)C(=O)Nc1ccccc1-c1ccccc1. The van der Waals surface area contributed by atoms with E-state index in [1.807, 2.05) is 79.7 Å². The van der Waals surface area contributed by atoms with Crippen molar-refractivity contribution in [2.24, 2.45) is 0 Å². The Morgan fingerprint density at radius 2 is 1.52 bits per heavy atom. The molecule has 4 nitrogen and oxygen atoms in total. The molecule has 0 spiro atoms. The molecular formula is C23H23NO3. The summed E-state index contributed by atoms with van der Waals surface area (Å²) in [5.74, 6) is 0.971. The average molecular weight is 361 g/mol. The van der Waals surface area contributed by atoms with Gasteiger partial charge >= 0.3 is 0 Å². The highest BCUT2D eigenvalue weighted by molar-refractivity contribution is 5.98. The van der Waals surface area contributed by atoms with E-state index in [4.69, 9.17) is 9.47 Å². The number of rotatable bonds is 7. The molecule has 1 amide bonds. The summed E-state index contributed by atoms with van der Waals surface area (Å²) in [7, 11) is 1.58. The van der Waals surface area contributed by atoms with Crippen molar-refractivity contribution in [3.8, 4) is 22.6 Å². The van der Waals surface area contributed by atoms with Gasteiger partial charge in [-0.1, -0.05) is 67.6 Å². The second-order valence-electron chi connectivity index (χ2n) is 6.07. The minimum atomic E-state index is -0.620. The monoisotopic (exact) mass is 361 g/mol. The predicted octanol–water partition coefficient (Wildman–Crippen LogP) is 5.16. The third kappa shape index (κ3) is 4.47. The van der Waals surface area contributed by atoms with E-state index in [1.165, 1.54) is 0 Å². The van der Waals surface area contributed by atoms with Crippen LogP contribution in [-0.4, -0.2) is 19.1 Å². The number of carbonyl (C=O) groups is 1. The Kier molecular flexibility index (Phi) is 6.10. The molecule has 0 saturated carbocycles. The molecule has 3 aromatic carbocycles. The fraction of sp³-hybridized carbons (Fsp3) is 0.174. The lowest BCUT2D eigenvalue weighted by Crippen LogP contribution is -2.32. The van der Waals surface area contributed by atoms with Crippen LogP contribution in [0.4, 0.5) is 5.69 Å². The van der Waals surface area contributed by atoms with Crippen LogP contribution in [0.15, 0.2) is 78.9 Å². The molecule has 27 heavy (non-hydrogen) atoms. The van der Waals surface area contributed by atoms with E-state index >= 15 is 0 Å². The lowest BCUT2D eigenvalue weighted by Gasteiger charge is -2.20. The van der Waals surface area contributed by atoms with Gasteiger partial charge in [0.25, 0.3) is 5.91 Å². The van der Waals surface area contributed by atoms with Crippen molar-refractivity contribution in [1.82, 2.24) is 0 Å². The van der Waals surface area contributed by atoms with Crippen LogP contribution in [-0.2, 0) is 4.79 Å². The lowest BCUT2D eigenvalue weighted by atomic mass is 10.0. The number of hydrogen-bond acceptors (Lipinski definition) is 3. The maximum absolute atomic E-state index is 12.9. The third-order valence-corrected chi connectivity index (χ3v) is 4.27. The quantitative estimate of drug-likeness (QED) is 0.632.